The van der Waals surface area contributed by atoms with E-state index < -0.39 is 0 Å². The molecule has 1 aliphatic heterocycles. The molecule has 3 aromatic rings. The van der Waals surface area contributed by atoms with Crippen molar-refractivity contribution in [2.45, 2.75) is 39.8 Å². The Morgan fingerprint density at radius 1 is 1.16 bits per heavy atom. The van der Waals surface area contributed by atoms with Gasteiger partial charge in [0.05, 0.1) is 10.6 Å². The summed E-state index contributed by atoms with van der Waals surface area (Å²) < 4.78 is 2.16. The summed E-state index contributed by atoms with van der Waals surface area (Å²) in [7, 11) is 0. The van der Waals surface area contributed by atoms with Crippen molar-refractivity contribution in [1.29, 1.82) is 0 Å². The molecular formula is C26H27N3OS. The van der Waals surface area contributed by atoms with Crippen LogP contribution in [0.2, 0.25) is 0 Å². The van der Waals surface area contributed by atoms with Crippen LogP contribution in [-0.2, 0) is 11.3 Å². The number of thioether (sulfide) groups is 1. The maximum absolute atomic E-state index is 13.4. The molecule has 0 aliphatic carbocycles. The number of carbonyl (C=O) groups excluding carboxylic acids is 1. The first-order valence-electron chi connectivity index (χ1n) is 10.6. The number of allylic oxidation sites excluding steroid dienone is 1. The molecule has 1 aromatic heterocycles. The van der Waals surface area contributed by atoms with Crippen molar-refractivity contribution in [1.82, 2.24) is 9.47 Å². The Balaban J connectivity index is 1.76. The number of hydrogen-bond acceptors (Lipinski definition) is 3. The number of nitrogens with zero attached hydrogens (tertiary/aromatic N) is 3. The largest absolute Gasteiger partial charge is 0.343 e. The van der Waals surface area contributed by atoms with Crippen molar-refractivity contribution in [2.75, 3.05) is 0 Å². The summed E-state index contributed by atoms with van der Waals surface area (Å²) in [5.74, 6) is 0.0192. The first-order chi connectivity index (χ1) is 15.0. The predicted octanol–water partition coefficient (Wildman–Crippen LogP) is 6.54. The van der Waals surface area contributed by atoms with Crippen molar-refractivity contribution < 1.29 is 4.79 Å². The summed E-state index contributed by atoms with van der Waals surface area (Å²) in [6.45, 7) is 10.8. The summed E-state index contributed by atoms with van der Waals surface area (Å²) in [5.41, 5.74) is 4.22. The molecule has 0 saturated carbocycles. The van der Waals surface area contributed by atoms with E-state index >= 15 is 0 Å². The molecule has 1 amide bonds. The highest BCUT2D eigenvalue weighted by Crippen LogP contribution is 2.37. The van der Waals surface area contributed by atoms with Crippen LogP contribution in [0.3, 0.4) is 0 Å². The van der Waals surface area contributed by atoms with Gasteiger partial charge in [0.25, 0.3) is 5.91 Å². The van der Waals surface area contributed by atoms with Gasteiger partial charge in [-0.15, -0.1) is 6.58 Å². The van der Waals surface area contributed by atoms with Gasteiger partial charge in [-0.25, -0.2) is 4.99 Å². The normalized spacial score (nSPS) is 17.8. The Bertz CT molecular complexity index is 1190. The minimum absolute atomic E-state index is 0.0192. The highest BCUT2D eigenvalue weighted by Gasteiger charge is 2.36. The van der Waals surface area contributed by atoms with Crippen molar-refractivity contribution >= 4 is 45.5 Å². The lowest BCUT2D eigenvalue weighted by Gasteiger charge is -2.22. The van der Waals surface area contributed by atoms with Gasteiger partial charge >= 0.3 is 0 Å². The molecule has 4 rings (SSSR count). The van der Waals surface area contributed by atoms with Crippen LogP contribution in [0.25, 0.3) is 17.0 Å². The lowest BCUT2D eigenvalue weighted by atomic mass is 10.1. The Morgan fingerprint density at radius 3 is 2.61 bits per heavy atom. The summed E-state index contributed by atoms with van der Waals surface area (Å²) in [5, 5.41) is 1.87. The molecule has 0 radical (unpaired) electrons. The maximum atomic E-state index is 13.4. The van der Waals surface area contributed by atoms with Gasteiger partial charge in [0.2, 0.25) is 0 Å². The van der Waals surface area contributed by atoms with Crippen LogP contribution in [0.15, 0.2) is 77.3 Å². The maximum Gasteiger partial charge on any atom is 0.267 e. The fourth-order valence-corrected chi connectivity index (χ4v) is 4.77. The SMILES string of the molecule is C=CCn1cc(/C=C2/SC(=Nc3ccc(C)cc3)N([C@@H](C)CC)C2=O)c2ccccc21. The highest BCUT2D eigenvalue weighted by molar-refractivity contribution is 8.18. The molecule has 0 N–H and O–H groups in total. The lowest BCUT2D eigenvalue weighted by Crippen LogP contribution is -2.36. The summed E-state index contributed by atoms with van der Waals surface area (Å²) in [6, 6.07) is 16.4. The van der Waals surface area contributed by atoms with Gasteiger partial charge in [-0.2, -0.15) is 0 Å². The van der Waals surface area contributed by atoms with Crippen LogP contribution in [-0.4, -0.2) is 26.6 Å². The second-order valence-electron chi connectivity index (χ2n) is 7.82. The van der Waals surface area contributed by atoms with Gasteiger partial charge in [0.1, 0.15) is 0 Å². The van der Waals surface area contributed by atoms with Crippen LogP contribution < -0.4 is 0 Å². The van der Waals surface area contributed by atoms with Crippen molar-refractivity contribution in [3.8, 4) is 0 Å². The van der Waals surface area contributed by atoms with E-state index in [0.717, 1.165) is 40.3 Å². The minimum Gasteiger partial charge on any atom is -0.343 e. The minimum atomic E-state index is 0.0192. The monoisotopic (exact) mass is 429 g/mol. The van der Waals surface area contributed by atoms with Crippen molar-refractivity contribution in [2.24, 2.45) is 4.99 Å². The average Bonchev–Trinajstić information content (AvgIpc) is 3.27. The highest BCUT2D eigenvalue weighted by atomic mass is 32.2. The molecular weight excluding hydrogens is 402 g/mol. The molecule has 1 aliphatic rings. The Kier molecular flexibility index (Phi) is 6.14. The topological polar surface area (TPSA) is 37.6 Å². The number of aromatic nitrogens is 1. The zero-order valence-corrected chi connectivity index (χ0v) is 19.0. The number of fused-ring (bicyclic) bond motifs is 1. The quantitative estimate of drug-likeness (QED) is 0.330. The molecule has 1 saturated heterocycles. The van der Waals surface area contributed by atoms with Crippen LogP contribution in [0, 0.1) is 6.92 Å². The molecule has 1 atom stereocenters. The number of amides is 1. The third-order valence-corrected chi connectivity index (χ3v) is 6.54. The third kappa shape index (κ3) is 4.23. The van der Waals surface area contributed by atoms with Gasteiger partial charge in [0.15, 0.2) is 5.17 Å². The number of benzene rings is 2. The fraction of sp³-hybridized carbons (Fsp3) is 0.231. The Labute approximate surface area is 188 Å². The lowest BCUT2D eigenvalue weighted by molar-refractivity contribution is -0.123. The number of amidine groups is 1. The number of hydrogen-bond donors (Lipinski definition) is 0. The first kappa shape index (κ1) is 21.2. The zero-order valence-electron chi connectivity index (χ0n) is 18.2. The average molecular weight is 430 g/mol. The van der Waals surface area contributed by atoms with Crippen LogP contribution in [0.4, 0.5) is 5.69 Å². The molecule has 158 valence electrons. The van der Waals surface area contributed by atoms with Crippen LogP contribution in [0.5, 0.6) is 0 Å². The number of aliphatic imine (C=N–C) groups is 1. The molecule has 4 nitrogen and oxygen atoms in total. The van der Waals surface area contributed by atoms with E-state index in [9.17, 15) is 4.79 Å². The number of rotatable bonds is 6. The smallest absolute Gasteiger partial charge is 0.267 e. The Morgan fingerprint density at radius 2 is 1.90 bits per heavy atom. The molecule has 0 bridgehead atoms. The molecule has 0 unspecified atom stereocenters. The van der Waals surface area contributed by atoms with E-state index in [1.165, 1.54) is 17.3 Å². The molecule has 2 aromatic carbocycles. The molecule has 5 heteroatoms. The van der Waals surface area contributed by atoms with E-state index in [-0.39, 0.29) is 11.9 Å². The van der Waals surface area contributed by atoms with E-state index in [4.69, 9.17) is 4.99 Å². The molecule has 31 heavy (non-hydrogen) atoms. The van der Waals surface area contributed by atoms with Crippen molar-refractivity contribution in [3.63, 3.8) is 0 Å². The first-order valence-corrected chi connectivity index (χ1v) is 11.4. The summed E-state index contributed by atoms with van der Waals surface area (Å²) in [6.07, 6.45) is 6.85. The van der Waals surface area contributed by atoms with Gasteiger partial charge in [-0.1, -0.05) is 48.9 Å². The molecule has 1 fully saturated rings. The van der Waals surface area contributed by atoms with Gasteiger partial charge in [0, 0.05) is 35.2 Å². The fourth-order valence-electron chi connectivity index (χ4n) is 3.69. The molecule has 0 spiro atoms. The van der Waals surface area contributed by atoms with E-state index in [2.05, 4.69) is 50.2 Å². The van der Waals surface area contributed by atoms with Crippen LogP contribution in [0.1, 0.15) is 31.4 Å². The van der Waals surface area contributed by atoms with E-state index in [1.807, 2.05) is 53.5 Å². The summed E-state index contributed by atoms with van der Waals surface area (Å²) >= 11 is 1.45. The number of carbonyl (C=O) groups is 1. The third-order valence-electron chi connectivity index (χ3n) is 5.56. The number of para-hydroxylation sites is 1. The van der Waals surface area contributed by atoms with E-state index in [1.54, 1.807) is 0 Å². The van der Waals surface area contributed by atoms with Crippen molar-refractivity contribution in [3.05, 3.63) is 83.4 Å². The second-order valence-corrected chi connectivity index (χ2v) is 8.82. The number of aryl methyl sites for hydroxylation is 1. The Hall–Kier alpha value is -3.05. The molecule has 2 heterocycles. The van der Waals surface area contributed by atoms with E-state index in [0.29, 0.717) is 4.91 Å². The van der Waals surface area contributed by atoms with Gasteiger partial charge in [-0.3, -0.25) is 9.69 Å². The predicted molar refractivity (Wildman–Crippen MR) is 133 cm³/mol. The van der Waals surface area contributed by atoms with Gasteiger partial charge < -0.3 is 4.57 Å². The standard InChI is InChI=1S/C26H27N3OS/c1-5-15-28-17-20(22-9-7-8-10-23(22)28)16-24-25(30)29(19(4)6-2)26(31-24)27-21-13-11-18(3)12-14-21/h5,7-14,16-17,19H,1,6,15H2,2-4H3/b24-16+,27-26?/t19-/m0/s1. The second kappa shape index (κ2) is 8.98. The van der Waals surface area contributed by atoms with Crippen LogP contribution >= 0.6 is 11.8 Å². The van der Waals surface area contributed by atoms with Gasteiger partial charge in [-0.05, 0) is 56.3 Å². The zero-order chi connectivity index (χ0) is 22.0. The summed E-state index contributed by atoms with van der Waals surface area (Å²) in [4.78, 5) is 20.7.